The van der Waals surface area contributed by atoms with Crippen LogP contribution in [0.2, 0.25) is 0 Å². The van der Waals surface area contributed by atoms with Crippen molar-refractivity contribution in [1.29, 1.82) is 0 Å². The molecule has 110 valence electrons. The van der Waals surface area contributed by atoms with Gasteiger partial charge < -0.3 is 15.2 Å². The predicted octanol–water partition coefficient (Wildman–Crippen LogP) is 2.48. The Hall–Kier alpha value is -0.780. The summed E-state index contributed by atoms with van der Waals surface area (Å²) in [6.07, 6.45) is 1.08. The summed E-state index contributed by atoms with van der Waals surface area (Å²) in [5.41, 5.74) is 8.35. The topological polar surface area (TPSA) is 47.7 Å². The van der Waals surface area contributed by atoms with Gasteiger partial charge in [-0.05, 0) is 44.5 Å². The van der Waals surface area contributed by atoms with Crippen LogP contribution in [0.25, 0.3) is 0 Å². The number of nitrogens with zero attached hydrogens (tertiary/aromatic N) is 1. The van der Waals surface area contributed by atoms with Crippen LogP contribution in [0.1, 0.15) is 23.6 Å². The Morgan fingerprint density at radius 2 is 2.15 bits per heavy atom. The van der Waals surface area contributed by atoms with E-state index >= 15 is 0 Å². The number of hydrogen-bond acceptors (Lipinski definition) is 4. The van der Waals surface area contributed by atoms with Crippen molar-refractivity contribution >= 4 is 15.9 Å². The lowest BCUT2D eigenvalue weighted by Crippen LogP contribution is -2.23. The SMILES string of the molecule is Cc1c(Br)cc2c(c1C1CC(CN)CN1C)OCCO2. The van der Waals surface area contributed by atoms with E-state index in [2.05, 4.69) is 34.8 Å². The highest BCUT2D eigenvalue weighted by molar-refractivity contribution is 9.10. The van der Waals surface area contributed by atoms with Crippen LogP contribution in [-0.4, -0.2) is 38.3 Å². The summed E-state index contributed by atoms with van der Waals surface area (Å²) in [7, 11) is 2.16. The first-order chi connectivity index (χ1) is 9.61. The van der Waals surface area contributed by atoms with Gasteiger partial charge in [-0.2, -0.15) is 0 Å². The third-order valence-corrected chi connectivity index (χ3v) is 5.20. The molecule has 0 bridgehead atoms. The summed E-state index contributed by atoms with van der Waals surface area (Å²) in [4.78, 5) is 2.38. The number of fused-ring (bicyclic) bond motifs is 1. The molecule has 0 aromatic heterocycles. The maximum atomic E-state index is 5.92. The number of ether oxygens (including phenoxy) is 2. The van der Waals surface area contributed by atoms with Gasteiger partial charge in [-0.15, -0.1) is 0 Å². The van der Waals surface area contributed by atoms with E-state index in [1.54, 1.807) is 0 Å². The molecule has 3 rings (SSSR count). The van der Waals surface area contributed by atoms with Gasteiger partial charge in [0.1, 0.15) is 13.2 Å². The Morgan fingerprint density at radius 1 is 1.40 bits per heavy atom. The highest BCUT2D eigenvalue weighted by Gasteiger charge is 2.35. The maximum absolute atomic E-state index is 5.92. The molecule has 0 saturated carbocycles. The van der Waals surface area contributed by atoms with E-state index < -0.39 is 0 Å². The molecule has 2 heterocycles. The fraction of sp³-hybridized carbons (Fsp3) is 0.600. The van der Waals surface area contributed by atoms with Gasteiger partial charge in [0.05, 0.1) is 0 Å². The van der Waals surface area contributed by atoms with Crippen LogP contribution in [0.3, 0.4) is 0 Å². The van der Waals surface area contributed by atoms with E-state index in [9.17, 15) is 0 Å². The van der Waals surface area contributed by atoms with Crippen molar-refractivity contribution in [3.63, 3.8) is 0 Å². The molecule has 0 spiro atoms. The number of halogens is 1. The van der Waals surface area contributed by atoms with Gasteiger partial charge in [-0.3, -0.25) is 4.90 Å². The molecule has 1 fully saturated rings. The molecule has 2 N–H and O–H groups in total. The van der Waals surface area contributed by atoms with E-state index in [1.165, 1.54) is 11.1 Å². The fourth-order valence-corrected chi connectivity index (χ4v) is 3.71. The molecule has 5 heteroatoms. The van der Waals surface area contributed by atoms with Crippen LogP contribution in [0.15, 0.2) is 10.5 Å². The van der Waals surface area contributed by atoms with Crippen LogP contribution in [0.4, 0.5) is 0 Å². The molecule has 20 heavy (non-hydrogen) atoms. The van der Waals surface area contributed by atoms with Gasteiger partial charge in [0, 0.05) is 22.6 Å². The van der Waals surface area contributed by atoms with E-state index in [-0.39, 0.29) is 0 Å². The Morgan fingerprint density at radius 3 is 2.85 bits per heavy atom. The first-order valence-corrected chi connectivity index (χ1v) is 7.90. The Bertz CT molecular complexity index is 521. The number of nitrogens with two attached hydrogens (primary N) is 1. The number of likely N-dealkylation sites (tertiary alicyclic amines) is 1. The average Bonchev–Trinajstić information content (AvgIpc) is 2.81. The lowest BCUT2D eigenvalue weighted by Gasteiger charge is -2.28. The molecule has 0 aliphatic carbocycles. The molecule has 2 unspecified atom stereocenters. The van der Waals surface area contributed by atoms with Crippen molar-refractivity contribution in [1.82, 2.24) is 4.90 Å². The van der Waals surface area contributed by atoms with Crippen molar-refractivity contribution in [3.05, 3.63) is 21.7 Å². The van der Waals surface area contributed by atoms with Crippen molar-refractivity contribution in [3.8, 4) is 11.5 Å². The molecular weight excluding hydrogens is 320 g/mol. The molecule has 0 radical (unpaired) electrons. The van der Waals surface area contributed by atoms with Gasteiger partial charge in [-0.25, -0.2) is 0 Å². The third kappa shape index (κ3) is 2.32. The summed E-state index contributed by atoms with van der Waals surface area (Å²) in [5, 5.41) is 0. The molecular formula is C15H21BrN2O2. The van der Waals surface area contributed by atoms with Crippen molar-refractivity contribution in [2.24, 2.45) is 11.7 Å². The fourth-order valence-electron chi connectivity index (χ4n) is 3.29. The first kappa shape index (κ1) is 14.2. The minimum Gasteiger partial charge on any atom is -0.486 e. The Balaban J connectivity index is 2.06. The van der Waals surface area contributed by atoms with Crippen LogP contribution in [0.5, 0.6) is 11.5 Å². The molecule has 2 atom stereocenters. The van der Waals surface area contributed by atoms with E-state index in [0.29, 0.717) is 25.2 Å². The van der Waals surface area contributed by atoms with Crippen LogP contribution < -0.4 is 15.2 Å². The molecule has 0 amide bonds. The Labute approximate surface area is 128 Å². The van der Waals surface area contributed by atoms with Gasteiger partial charge >= 0.3 is 0 Å². The average molecular weight is 341 g/mol. The molecule has 2 aliphatic heterocycles. The second kappa shape index (κ2) is 5.54. The minimum absolute atomic E-state index is 0.358. The van der Waals surface area contributed by atoms with Crippen LogP contribution in [-0.2, 0) is 0 Å². The highest BCUT2D eigenvalue weighted by Crippen LogP contribution is 2.47. The first-order valence-electron chi connectivity index (χ1n) is 7.10. The monoisotopic (exact) mass is 340 g/mol. The van der Waals surface area contributed by atoms with Crippen molar-refractivity contribution in [2.45, 2.75) is 19.4 Å². The molecule has 2 aliphatic rings. The molecule has 4 nitrogen and oxygen atoms in total. The van der Waals surface area contributed by atoms with E-state index in [0.717, 1.165) is 35.5 Å². The quantitative estimate of drug-likeness (QED) is 0.898. The van der Waals surface area contributed by atoms with Crippen molar-refractivity contribution < 1.29 is 9.47 Å². The van der Waals surface area contributed by atoms with Gasteiger partial charge in [-0.1, -0.05) is 15.9 Å². The summed E-state index contributed by atoms with van der Waals surface area (Å²) in [6, 6.07) is 2.37. The number of benzene rings is 1. The number of hydrogen-bond donors (Lipinski definition) is 1. The van der Waals surface area contributed by atoms with Crippen LogP contribution >= 0.6 is 15.9 Å². The zero-order valence-electron chi connectivity index (χ0n) is 12.0. The Kier molecular flexibility index (Phi) is 3.93. The minimum atomic E-state index is 0.358. The smallest absolute Gasteiger partial charge is 0.166 e. The maximum Gasteiger partial charge on any atom is 0.166 e. The van der Waals surface area contributed by atoms with Gasteiger partial charge in [0.25, 0.3) is 0 Å². The van der Waals surface area contributed by atoms with E-state index in [1.807, 2.05) is 6.07 Å². The van der Waals surface area contributed by atoms with Gasteiger partial charge in [0.2, 0.25) is 0 Å². The zero-order valence-corrected chi connectivity index (χ0v) is 13.6. The summed E-state index contributed by atoms with van der Waals surface area (Å²) < 4.78 is 12.8. The van der Waals surface area contributed by atoms with Crippen LogP contribution in [0, 0.1) is 12.8 Å². The third-order valence-electron chi connectivity index (χ3n) is 4.38. The normalized spacial score (nSPS) is 26.0. The summed E-state index contributed by atoms with van der Waals surface area (Å²) in [6.45, 7) is 5.17. The van der Waals surface area contributed by atoms with Gasteiger partial charge in [0.15, 0.2) is 11.5 Å². The standard InChI is InChI=1S/C15H21BrN2O2/c1-9-11(16)6-13-15(20-4-3-19-13)14(9)12-5-10(7-17)8-18(12)2/h6,10,12H,3-5,7-8,17H2,1-2H3. The number of rotatable bonds is 2. The lowest BCUT2D eigenvalue weighted by atomic mass is 9.94. The lowest BCUT2D eigenvalue weighted by molar-refractivity contribution is 0.165. The second-order valence-corrected chi connectivity index (χ2v) is 6.57. The molecule has 1 aromatic rings. The summed E-state index contributed by atoms with van der Waals surface area (Å²) in [5.74, 6) is 2.34. The second-order valence-electron chi connectivity index (χ2n) is 5.71. The molecule has 1 aromatic carbocycles. The highest BCUT2D eigenvalue weighted by atomic mass is 79.9. The molecule has 1 saturated heterocycles. The van der Waals surface area contributed by atoms with Crippen molar-refractivity contribution in [2.75, 3.05) is 33.4 Å². The largest absolute Gasteiger partial charge is 0.486 e. The summed E-state index contributed by atoms with van der Waals surface area (Å²) >= 11 is 3.65. The van der Waals surface area contributed by atoms with E-state index in [4.69, 9.17) is 15.2 Å². The zero-order chi connectivity index (χ0) is 14.3. The predicted molar refractivity (Wildman–Crippen MR) is 82.4 cm³/mol.